The first-order valence-electron chi connectivity index (χ1n) is 8.38. The van der Waals surface area contributed by atoms with Crippen LogP contribution in [-0.4, -0.2) is 24.8 Å². The van der Waals surface area contributed by atoms with Gasteiger partial charge < -0.3 is 14.6 Å². The lowest BCUT2D eigenvalue weighted by atomic mass is 10.1. The molecule has 1 heterocycles. The average Bonchev–Trinajstić information content (AvgIpc) is 2.92. The number of rotatable bonds is 7. The smallest absolute Gasteiger partial charge is 0.165 e. The van der Waals surface area contributed by atoms with Gasteiger partial charge in [-0.05, 0) is 55.4 Å². The molecule has 0 aliphatic carbocycles. The molecule has 0 aliphatic rings. The molecule has 25 heavy (non-hydrogen) atoms. The predicted molar refractivity (Wildman–Crippen MR) is 96.1 cm³/mol. The zero-order valence-corrected chi connectivity index (χ0v) is 14.5. The van der Waals surface area contributed by atoms with Crippen molar-refractivity contribution in [2.24, 2.45) is 7.05 Å². The van der Waals surface area contributed by atoms with Crippen LogP contribution in [0.15, 0.2) is 42.6 Å². The number of nitrogens with zero attached hydrogens (tertiary/aromatic N) is 1. The summed E-state index contributed by atoms with van der Waals surface area (Å²) in [6.07, 6.45) is 3.41. The zero-order valence-electron chi connectivity index (χ0n) is 14.5. The van der Waals surface area contributed by atoms with Gasteiger partial charge >= 0.3 is 0 Å². The van der Waals surface area contributed by atoms with Gasteiger partial charge in [0.1, 0.15) is 5.82 Å². The number of aryl methyl sites for hydroxylation is 1. The molecule has 5 heteroatoms. The van der Waals surface area contributed by atoms with Crippen LogP contribution >= 0.6 is 0 Å². The Morgan fingerprint density at radius 1 is 1.04 bits per heavy atom. The van der Waals surface area contributed by atoms with Gasteiger partial charge in [-0.2, -0.15) is 0 Å². The van der Waals surface area contributed by atoms with Gasteiger partial charge in [0.05, 0.1) is 12.1 Å². The second kappa shape index (κ2) is 7.66. The van der Waals surface area contributed by atoms with Crippen LogP contribution in [0.3, 0.4) is 0 Å². The Morgan fingerprint density at radius 2 is 1.80 bits per heavy atom. The van der Waals surface area contributed by atoms with E-state index in [1.165, 1.54) is 18.2 Å². The van der Waals surface area contributed by atoms with Crippen LogP contribution in [-0.2, 0) is 19.9 Å². The Hall–Kier alpha value is -2.40. The average molecular weight is 344 g/mol. The lowest BCUT2D eigenvalue weighted by molar-refractivity contribution is 0.309. The number of hydrogen-bond donors (Lipinski definition) is 1. The molecule has 3 rings (SSSR count). The van der Waals surface area contributed by atoms with Crippen molar-refractivity contribution in [3.8, 4) is 5.75 Å². The quantitative estimate of drug-likeness (QED) is 0.705. The molecule has 0 amide bonds. The Morgan fingerprint density at radius 3 is 2.52 bits per heavy atom. The summed E-state index contributed by atoms with van der Waals surface area (Å²) in [5.41, 5.74) is 2.96. The SMILES string of the molecule is CNCCc1cn(C)c2ccc(F)c(OCCc3ccc(F)cc3)c12. The summed E-state index contributed by atoms with van der Waals surface area (Å²) in [4.78, 5) is 0. The topological polar surface area (TPSA) is 26.2 Å². The van der Waals surface area contributed by atoms with Crippen molar-refractivity contribution in [1.29, 1.82) is 0 Å². The number of fused-ring (bicyclic) bond motifs is 1. The highest BCUT2D eigenvalue weighted by atomic mass is 19.1. The van der Waals surface area contributed by atoms with E-state index in [9.17, 15) is 8.78 Å². The second-order valence-corrected chi connectivity index (χ2v) is 6.11. The van der Waals surface area contributed by atoms with Crippen LogP contribution in [0.1, 0.15) is 11.1 Å². The van der Waals surface area contributed by atoms with Crippen LogP contribution in [0.4, 0.5) is 8.78 Å². The summed E-state index contributed by atoms with van der Waals surface area (Å²) in [5, 5.41) is 3.95. The largest absolute Gasteiger partial charge is 0.489 e. The molecule has 0 unspecified atom stereocenters. The van der Waals surface area contributed by atoms with Gasteiger partial charge in [0.15, 0.2) is 11.6 Å². The van der Waals surface area contributed by atoms with Crippen LogP contribution in [0.5, 0.6) is 5.75 Å². The van der Waals surface area contributed by atoms with Gasteiger partial charge in [-0.1, -0.05) is 12.1 Å². The Kier molecular flexibility index (Phi) is 5.34. The maximum absolute atomic E-state index is 14.4. The minimum absolute atomic E-state index is 0.265. The molecule has 0 aliphatic heterocycles. The lowest BCUT2D eigenvalue weighted by Gasteiger charge is -2.11. The van der Waals surface area contributed by atoms with Gasteiger partial charge in [-0.3, -0.25) is 0 Å². The first kappa shape index (κ1) is 17.4. The van der Waals surface area contributed by atoms with E-state index in [0.29, 0.717) is 18.8 Å². The molecular formula is C20H22F2N2O. The van der Waals surface area contributed by atoms with E-state index in [1.54, 1.807) is 18.2 Å². The Bertz CT molecular complexity index is 856. The highest BCUT2D eigenvalue weighted by molar-refractivity contribution is 5.90. The van der Waals surface area contributed by atoms with E-state index in [1.807, 2.05) is 24.9 Å². The number of halogens is 2. The minimum atomic E-state index is -0.358. The first-order chi connectivity index (χ1) is 12.1. The normalized spacial score (nSPS) is 11.2. The molecule has 2 aromatic carbocycles. The summed E-state index contributed by atoms with van der Waals surface area (Å²) < 4.78 is 35.2. The molecule has 0 saturated carbocycles. The Labute approximate surface area is 146 Å². The number of benzene rings is 2. The fraction of sp³-hybridized carbons (Fsp3) is 0.300. The third kappa shape index (κ3) is 3.82. The highest BCUT2D eigenvalue weighted by Crippen LogP contribution is 2.33. The minimum Gasteiger partial charge on any atom is -0.489 e. The zero-order chi connectivity index (χ0) is 17.8. The number of aromatic nitrogens is 1. The van der Waals surface area contributed by atoms with E-state index in [0.717, 1.165) is 35.0 Å². The van der Waals surface area contributed by atoms with Crippen molar-refractivity contribution < 1.29 is 13.5 Å². The third-order valence-electron chi connectivity index (χ3n) is 4.33. The molecule has 1 N–H and O–H groups in total. The maximum Gasteiger partial charge on any atom is 0.165 e. The molecule has 1 aromatic heterocycles. The molecule has 0 spiro atoms. The monoisotopic (exact) mass is 344 g/mol. The van der Waals surface area contributed by atoms with Crippen molar-refractivity contribution in [3.63, 3.8) is 0 Å². The third-order valence-corrected chi connectivity index (χ3v) is 4.33. The summed E-state index contributed by atoms with van der Waals surface area (Å²) in [6.45, 7) is 1.15. The second-order valence-electron chi connectivity index (χ2n) is 6.11. The molecule has 3 aromatic rings. The van der Waals surface area contributed by atoms with E-state index in [2.05, 4.69) is 5.32 Å². The van der Waals surface area contributed by atoms with Crippen LogP contribution in [0.2, 0.25) is 0 Å². The van der Waals surface area contributed by atoms with E-state index in [4.69, 9.17) is 4.74 Å². The van der Waals surface area contributed by atoms with Gasteiger partial charge in [-0.15, -0.1) is 0 Å². The molecule has 0 fully saturated rings. The number of hydrogen-bond acceptors (Lipinski definition) is 2. The molecule has 0 radical (unpaired) electrons. The van der Waals surface area contributed by atoms with Crippen LogP contribution in [0, 0.1) is 11.6 Å². The summed E-state index contributed by atoms with van der Waals surface area (Å²) in [7, 11) is 3.84. The molecule has 132 valence electrons. The van der Waals surface area contributed by atoms with Crippen LogP contribution in [0.25, 0.3) is 10.9 Å². The van der Waals surface area contributed by atoms with Crippen LogP contribution < -0.4 is 10.1 Å². The molecular weight excluding hydrogens is 322 g/mol. The molecule has 0 saturated heterocycles. The predicted octanol–water partition coefficient (Wildman–Crippen LogP) is 3.84. The number of ether oxygens (including phenoxy) is 1. The standard InChI is InChI=1S/C20H22F2N2O/c1-23-11-9-15-13-24(2)18-8-7-17(22)20(19(15)18)25-12-10-14-3-5-16(21)6-4-14/h3-8,13,23H,9-12H2,1-2H3. The van der Waals surface area contributed by atoms with Gasteiger partial charge in [0, 0.05) is 25.1 Å². The van der Waals surface area contributed by atoms with Gasteiger partial charge in [-0.25, -0.2) is 8.78 Å². The summed E-state index contributed by atoms with van der Waals surface area (Å²) >= 11 is 0. The van der Waals surface area contributed by atoms with Crippen molar-refractivity contribution in [3.05, 3.63) is 65.4 Å². The van der Waals surface area contributed by atoms with Gasteiger partial charge in [0.25, 0.3) is 0 Å². The molecule has 3 nitrogen and oxygen atoms in total. The first-order valence-corrected chi connectivity index (χ1v) is 8.38. The summed E-state index contributed by atoms with van der Waals surface area (Å²) in [6, 6.07) is 9.50. The highest BCUT2D eigenvalue weighted by Gasteiger charge is 2.16. The molecule has 0 bridgehead atoms. The number of likely N-dealkylation sites (N-methyl/N-ethyl adjacent to an activating group) is 1. The van der Waals surface area contributed by atoms with Gasteiger partial charge in [0.2, 0.25) is 0 Å². The van der Waals surface area contributed by atoms with Crippen molar-refractivity contribution in [1.82, 2.24) is 9.88 Å². The van der Waals surface area contributed by atoms with Crippen molar-refractivity contribution in [2.45, 2.75) is 12.8 Å². The fourth-order valence-electron chi connectivity index (χ4n) is 3.03. The Balaban J connectivity index is 1.83. The van der Waals surface area contributed by atoms with E-state index >= 15 is 0 Å². The maximum atomic E-state index is 14.4. The van der Waals surface area contributed by atoms with E-state index < -0.39 is 0 Å². The molecule has 0 atom stereocenters. The summed E-state index contributed by atoms with van der Waals surface area (Å²) in [5.74, 6) is -0.325. The lowest BCUT2D eigenvalue weighted by Crippen LogP contribution is -2.10. The van der Waals surface area contributed by atoms with E-state index in [-0.39, 0.29) is 11.6 Å². The van der Waals surface area contributed by atoms with Crippen molar-refractivity contribution in [2.75, 3.05) is 20.2 Å². The fourth-order valence-corrected chi connectivity index (χ4v) is 3.03. The number of nitrogens with one attached hydrogen (secondary N) is 1. The van der Waals surface area contributed by atoms with Crippen molar-refractivity contribution >= 4 is 10.9 Å².